The van der Waals surface area contributed by atoms with Crippen LogP contribution in [-0.2, 0) is 0 Å². The Labute approximate surface area is 79.2 Å². The first-order valence-electron chi connectivity index (χ1n) is 5.42. The molecule has 0 fully saturated rings. The molecule has 0 rings (SSSR count). The molecule has 0 heterocycles. The van der Waals surface area contributed by atoms with Crippen LogP contribution in [0.1, 0.15) is 53.9 Å². The standard InChI is InChI=1S/C9H21N.C2H6/c1-5-7-8-10(4)9(3)6-2;1-2/h9H,5-8H2,1-4H3;1-2H3. The van der Waals surface area contributed by atoms with Crippen molar-refractivity contribution in [2.24, 2.45) is 0 Å². The minimum absolute atomic E-state index is 0.756. The molecule has 0 saturated carbocycles. The third-order valence-electron chi connectivity index (χ3n) is 2.21. The van der Waals surface area contributed by atoms with Crippen LogP contribution in [0.4, 0.5) is 0 Å². The van der Waals surface area contributed by atoms with Crippen LogP contribution >= 0.6 is 0 Å². The van der Waals surface area contributed by atoms with Gasteiger partial charge in [0.2, 0.25) is 0 Å². The number of nitrogens with zero attached hydrogens (tertiary/aromatic N) is 1. The molecule has 0 bridgehead atoms. The molecule has 1 nitrogen and oxygen atoms in total. The Morgan fingerprint density at radius 2 is 1.67 bits per heavy atom. The third-order valence-corrected chi connectivity index (χ3v) is 2.21. The summed E-state index contributed by atoms with van der Waals surface area (Å²) < 4.78 is 0. The molecule has 0 aliphatic heterocycles. The smallest absolute Gasteiger partial charge is 0.00612 e. The van der Waals surface area contributed by atoms with Crippen molar-refractivity contribution in [2.75, 3.05) is 13.6 Å². The number of rotatable bonds is 5. The Balaban J connectivity index is 0. The molecule has 0 spiro atoms. The van der Waals surface area contributed by atoms with E-state index < -0.39 is 0 Å². The first-order chi connectivity index (χ1) is 5.72. The van der Waals surface area contributed by atoms with Crippen LogP contribution in [0.25, 0.3) is 0 Å². The fraction of sp³-hybridized carbons (Fsp3) is 1.00. The van der Waals surface area contributed by atoms with Crippen LogP contribution in [0.15, 0.2) is 0 Å². The van der Waals surface area contributed by atoms with Gasteiger partial charge in [-0.2, -0.15) is 0 Å². The van der Waals surface area contributed by atoms with E-state index in [-0.39, 0.29) is 0 Å². The van der Waals surface area contributed by atoms with Gasteiger partial charge in [-0.05, 0) is 33.4 Å². The van der Waals surface area contributed by atoms with Crippen LogP contribution in [0.5, 0.6) is 0 Å². The fourth-order valence-corrected chi connectivity index (χ4v) is 0.940. The lowest BCUT2D eigenvalue weighted by Crippen LogP contribution is -2.29. The topological polar surface area (TPSA) is 3.24 Å². The van der Waals surface area contributed by atoms with Gasteiger partial charge in [-0.25, -0.2) is 0 Å². The summed E-state index contributed by atoms with van der Waals surface area (Å²) in [5.41, 5.74) is 0. The molecule has 0 N–H and O–H groups in total. The van der Waals surface area contributed by atoms with Crippen molar-refractivity contribution in [2.45, 2.75) is 59.9 Å². The van der Waals surface area contributed by atoms with Crippen molar-refractivity contribution in [1.29, 1.82) is 0 Å². The van der Waals surface area contributed by atoms with Crippen LogP contribution < -0.4 is 0 Å². The molecule has 0 aromatic carbocycles. The van der Waals surface area contributed by atoms with E-state index >= 15 is 0 Å². The summed E-state index contributed by atoms with van der Waals surface area (Å²) in [6.45, 7) is 12.0. The van der Waals surface area contributed by atoms with Gasteiger partial charge in [0.25, 0.3) is 0 Å². The Hall–Kier alpha value is -0.0400. The third kappa shape index (κ3) is 8.06. The summed E-state index contributed by atoms with van der Waals surface area (Å²) >= 11 is 0. The molecule has 0 saturated heterocycles. The highest BCUT2D eigenvalue weighted by Crippen LogP contribution is 2.01. The van der Waals surface area contributed by atoms with Crippen LogP contribution in [-0.4, -0.2) is 24.5 Å². The monoisotopic (exact) mass is 173 g/mol. The van der Waals surface area contributed by atoms with Gasteiger partial charge in [-0.3, -0.25) is 0 Å². The Morgan fingerprint density at radius 1 is 1.17 bits per heavy atom. The van der Waals surface area contributed by atoms with Crippen molar-refractivity contribution >= 4 is 0 Å². The minimum Gasteiger partial charge on any atom is -0.304 e. The van der Waals surface area contributed by atoms with E-state index in [0.717, 1.165) is 6.04 Å². The molecule has 1 atom stereocenters. The quantitative estimate of drug-likeness (QED) is 0.614. The zero-order valence-corrected chi connectivity index (χ0v) is 9.85. The first kappa shape index (κ1) is 14.5. The van der Waals surface area contributed by atoms with E-state index in [4.69, 9.17) is 0 Å². The maximum atomic E-state index is 2.43. The molecule has 0 aromatic heterocycles. The molecule has 0 aliphatic rings. The lowest BCUT2D eigenvalue weighted by Gasteiger charge is -2.22. The Morgan fingerprint density at radius 3 is 2.00 bits per heavy atom. The molecule has 12 heavy (non-hydrogen) atoms. The van der Waals surface area contributed by atoms with Gasteiger partial charge >= 0.3 is 0 Å². The van der Waals surface area contributed by atoms with Crippen molar-refractivity contribution in [1.82, 2.24) is 4.90 Å². The predicted octanol–water partition coefficient (Wildman–Crippen LogP) is 3.54. The minimum atomic E-state index is 0.756. The van der Waals surface area contributed by atoms with Crippen LogP contribution in [0.3, 0.4) is 0 Å². The van der Waals surface area contributed by atoms with Gasteiger partial charge in [-0.15, -0.1) is 0 Å². The van der Waals surface area contributed by atoms with Gasteiger partial charge in [0.1, 0.15) is 0 Å². The van der Waals surface area contributed by atoms with E-state index in [1.54, 1.807) is 0 Å². The largest absolute Gasteiger partial charge is 0.304 e. The lowest BCUT2D eigenvalue weighted by atomic mass is 10.2. The summed E-state index contributed by atoms with van der Waals surface area (Å²) in [7, 11) is 2.21. The Kier molecular flexibility index (Phi) is 13.2. The van der Waals surface area contributed by atoms with Gasteiger partial charge in [0, 0.05) is 6.04 Å². The number of unbranched alkanes of at least 4 members (excludes halogenated alkanes) is 1. The normalized spacial score (nSPS) is 12.2. The van der Waals surface area contributed by atoms with Gasteiger partial charge in [0.15, 0.2) is 0 Å². The molecule has 76 valence electrons. The van der Waals surface area contributed by atoms with Crippen LogP contribution in [0.2, 0.25) is 0 Å². The van der Waals surface area contributed by atoms with Crippen molar-refractivity contribution in [3.05, 3.63) is 0 Å². The average Bonchev–Trinajstić information content (AvgIpc) is 2.16. The highest BCUT2D eigenvalue weighted by molar-refractivity contribution is 4.59. The van der Waals surface area contributed by atoms with Crippen LogP contribution in [0, 0.1) is 0 Å². The van der Waals surface area contributed by atoms with Gasteiger partial charge < -0.3 is 4.90 Å². The van der Waals surface area contributed by atoms with E-state index in [0.29, 0.717) is 0 Å². The van der Waals surface area contributed by atoms with Crippen molar-refractivity contribution in [3.63, 3.8) is 0 Å². The molecular formula is C11H27N. The molecule has 0 aromatic rings. The Bertz CT molecular complexity index is 71.4. The second-order valence-corrected chi connectivity index (χ2v) is 3.09. The summed E-state index contributed by atoms with van der Waals surface area (Å²) in [4.78, 5) is 2.43. The maximum absolute atomic E-state index is 2.43. The van der Waals surface area contributed by atoms with E-state index in [9.17, 15) is 0 Å². The molecular weight excluding hydrogens is 146 g/mol. The fourth-order valence-electron chi connectivity index (χ4n) is 0.940. The van der Waals surface area contributed by atoms with Crippen molar-refractivity contribution in [3.8, 4) is 0 Å². The van der Waals surface area contributed by atoms with Gasteiger partial charge in [0.05, 0.1) is 0 Å². The van der Waals surface area contributed by atoms with E-state index in [1.807, 2.05) is 13.8 Å². The summed E-state index contributed by atoms with van der Waals surface area (Å²) in [6.07, 6.45) is 3.90. The summed E-state index contributed by atoms with van der Waals surface area (Å²) in [5, 5.41) is 0. The highest BCUT2D eigenvalue weighted by atomic mass is 15.1. The zero-order valence-electron chi connectivity index (χ0n) is 9.85. The lowest BCUT2D eigenvalue weighted by molar-refractivity contribution is 0.248. The van der Waals surface area contributed by atoms with E-state index in [2.05, 4.69) is 32.7 Å². The second-order valence-electron chi connectivity index (χ2n) is 3.09. The van der Waals surface area contributed by atoms with E-state index in [1.165, 1.54) is 25.8 Å². The molecule has 1 unspecified atom stereocenters. The molecule has 1 heteroatoms. The van der Waals surface area contributed by atoms with Crippen molar-refractivity contribution < 1.29 is 0 Å². The summed E-state index contributed by atoms with van der Waals surface area (Å²) in [5.74, 6) is 0. The average molecular weight is 173 g/mol. The number of hydrogen-bond donors (Lipinski definition) is 0. The number of hydrogen-bond acceptors (Lipinski definition) is 1. The first-order valence-corrected chi connectivity index (χ1v) is 5.42. The SMILES string of the molecule is CC.CCCCN(C)C(C)CC. The maximum Gasteiger partial charge on any atom is 0.00612 e. The molecule has 0 amide bonds. The second kappa shape index (κ2) is 11.0. The zero-order chi connectivity index (χ0) is 9.98. The predicted molar refractivity (Wildman–Crippen MR) is 58.6 cm³/mol. The molecule has 0 aliphatic carbocycles. The highest BCUT2D eigenvalue weighted by Gasteiger charge is 2.03. The summed E-state index contributed by atoms with van der Waals surface area (Å²) in [6, 6.07) is 0.756. The molecule has 0 radical (unpaired) electrons. The van der Waals surface area contributed by atoms with Gasteiger partial charge in [-0.1, -0.05) is 34.1 Å².